The van der Waals surface area contributed by atoms with E-state index in [0.717, 1.165) is 24.3 Å². The molecule has 0 heterocycles. The molecular weight excluding hydrogens is 122 g/mol. The standard InChI is InChI=1S/C9H17N/c10-4-3-8-2-1-7-5-9(8)6-7/h7-9H,1-6,10H2. The topological polar surface area (TPSA) is 26.0 Å². The third-order valence-corrected chi connectivity index (χ3v) is 3.42. The van der Waals surface area contributed by atoms with Crippen LogP contribution < -0.4 is 5.73 Å². The van der Waals surface area contributed by atoms with Crippen molar-refractivity contribution in [2.45, 2.75) is 32.1 Å². The second kappa shape index (κ2) is 2.54. The molecule has 0 aromatic heterocycles. The molecule has 2 N–H and O–H groups in total. The van der Waals surface area contributed by atoms with Gasteiger partial charge in [-0.2, -0.15) is 0 Å². The molecule has 1 nitrogen and oxygen atoms in total. The minimum Gasteiger partial charge on any atom is -0.330 e. The summed E-state index contributed by atoms with van der Waals surface area (Å²) in [6.45, 7) is 0.909. The number of rotatable bonds is 2. The van der Waals surface area contributed by atoms with Gasteiger partial charge in [-0.25, -0.2) is 0 Å². The lowest BCUT2D eigenvalue weighted by Crippen LogP contribution is -2.36. The summed E-state index contributed by atoms with van der Waals surface area (Å²) in [7, 11) is 0. The molecule has 0 aromatic rings. The first-order valence-corrected chi connectivity index (χ1v) is 4.60. The van der Waals surface area contributed by atoms with Crippen LogP contribution in [0.25, 0.3) is 0 Å². The van der Waals surface area contributed by atoms with Crippen LogP contribution in [0.15, 0.2) is 0 Å². The van der Waals surface area contributed by atoms with Gasteiger partial charge in [0.25, 0.3) is 0 Å². The lowest BCUT2D eigenvalue weighted by atomic mass is 9.59. The second-order valence-corrected chi connectivity index (χ2v) is 4.01. The van der Waals surface area contributed by atoms with E-state index in [1.54, 1.807) is 0 Å². The van der Waals surface area contributed by atoms with E-state index in [2.05, 4.69) is 0 Å². The van der Waals surface area contributed by atoms with Crippen LogP contribution in [-0.2, 0) is 0 Å². The van der Waals surface area contributed by atoms with Crippen molar-refractivity contribution < 1.29 is 0 Å². The van der Waals surface area contributed by atoms with E-state index in [1.807, 2.05) is 0 Å². The van der Waals surface area contributed by atoms with Gasteiger partial charge < -0.3 is 5.73 Å². The molecule has 58 valence electrons. The Morgan fingerprint density at radius 3 is 2.50 bits per heavy atom. The van der Waals surface area contributed by atoms with E-state index in [-0.39, 0.29) is 0 Å². The molecule has 1 atom stereocenters. The summed E-state index contributed by atoms with van der Waals surface area (Å²) in [5.74, 6) is 3.22. The zero-order valence-corrected chi connectivity index (χ0v) is 6.55. The average molecular weight is 139 g/mol. The molecule has 1 unspecified atom stereocenters. The summed E-state index contributed by atoms with van der Waals surface area (Å²) < 4.78 is 0. The first-order valence-electron chi connectivity index (χ1n) is 4.60. The Morgan fingerprint density at radius 1 is 1.20 bits per heavy atom. The molecule has 0 aromatic carbocycles. The van der Waals surface area contributed by atoms with Gasteiger partial charge in [-0.05, 0) is 50.0 Å². The molecule has 3 fully saturated rings. The van der Waals surface area contributed by atoms with Crippen LogP contribution in [0.3, 0.4) is 0 Å². The van der Waals surface area contributed by atoms with Crippen molar-refractivity contribution in [3.8, 4) is 0 Å². The van der Waals surface area contributed by atoms with Crippen molar-refractivity contribution in [3.05, 3.63) is 0 Å². The van der Waals surface area contributed by atoms with Crippen molar-refractivity contribution in [1.29, 1.82) is 0 Å². The van der Waals surface area contributed by atoms with Gasteiger partial charge in [-0.15, -0.1) is 0 Å². The summed E-state index contributed by atoms with van der Waals surface area (Å²) >= 11 is 0. The Bertz CT molecular complexity index is 111. The fourth-order valence-electron chi connectivity index (χ4n) is 2.69. The summed E-state index contributed by atoms with van der Waals surface area (Å²) in [6.07, 6.45) is 7.33. The highest BCUT2D eigenvalue weighted by Gasteiger charge is 2.38. The van der Waals surface area contributed by atoms with Crippen molar-refractivity contribution in [2.75, 3.05) is 6.54 Å². The molecule has 3 saturated carbocycles. The first-order chi connectivity index (χ1) is 4.90. The Labute approximate surface area is 63.0 Å². The Balaban J connectivity index is 1.84. The van der Waals surface area contributed by atoms with E-state index in [1.165, 1.54) is 32.1 Å². The van der Waals surface area contributed by atoms with E-state index in [9.17, 15) is 0 Å². The van der Waals surface area contributed by atoms with E-state index in [4.69, 9.17) is 5.73 Å². The maximum absolute atomic E-state index is 5.54. The zero-order chi connectivity index (χ0) is 6.97. The molecule has 0 radical (unpaired) electrons. The van der Waals surface area contributed by atoms with E-state index in [0.29, 0.717) is 0 Å². The minimum absolute atomic E-state index is 0.909. The highest BCUT2D eigenvalue weighted by atomic mass is 14.5. The highest BCUT2D eigenvalue weighted by Crippen LogP contribution is 2.49. The van der Waals surface area contributed by atoms with Gasteiger partial charge in [-0.1, -0.05) is 6.42 Å². The van der Waals surface area contributed by atoms with E-state index < -0.39 is 0 Å². The van der Waals surface area contributed by atoms with Gasteiger partial charge in [0.05, 0.1) is 0 Å². The number of fused-ring (bicyclic) bond motifs is 2. The van der Waals surface area contributed by atoms with Crippen LogP contribution in [0, 0.1) is 17.8 Å². The van der Waals surface area contributed by atoms with Crippen molar-refractivity contribution in [2.24, 2.45) is 23.5 Å². The van der Waals surface area contributed by atoms with Crippen LogP contribution in [-0.4, -0.2) is 6.54 Å². The van der Waals surface area contributed by atoms with Crippen molar-refractivity contribution >= 4 is 0 Å². The SMILES string of the molecule is NCCC1CCC2CC1C2. The normalized spacial score (nSPS) is 44.7. The summed E-state index contributed by atoms with van der Waals surface area (Å²) in [5, 5.41) is 0. The van der Waals surface area contributed by atoms with Crippen LogP contribution in [0.4, 0.5) is 0 Å². The summed E-state index contributed by atoms with van der Waals surface area (Å²) in [6, 6.07) is 0. The number of hydrogen-bond donors (Lipinski definition) is 1. The zero-order valence-electron chi connectivity index (χ0n) is 6.55. The average Bonchev–Trinajstić information content (AvgIpc) is 1.87. The fourth-order valence-corrected chi connectivity index (χ4v) is 2.69. The van der Waals surface area contributed by atoms with Crippen molar-refractivity contribution in [1.82, 2.24) is 0 Å². The van der Waals surface area contributed by atoms with Gasteiger partial charge in [0.1, 0.15) is 0 Å². The fraction of sp³-hybridized carbons (Fsp3) is 1.00. The van der Waals surface area contributed by atoms with Crippen molar-refractivity contribution in [3.63, 3.8) is 0 Å². The molecule has 3 rings (SSSR count). The Morgan fingerprint density at radius 2 is 2.00 bits per heavy atom. The highest BCUT2D eigenvalue weighted by molar-refractivity contribution is 4.90. The predicted molar refractivity (Wildman–Crippen MR) is 42.6 cm³/mol. The molecule has 0 amide bonds. The molecule has 0 saturated heterocycles. The quantitative estimate of drug-likeness (QED) is 0.620. The molecule has 1 heteroatoms. The van der Waals surface area contributed by atoms with Gasteiger partial charge in [-0.3, -0.25) is 0 Å². The predicted octanol–water partition coefficient (Wildman–Crippen LogP) is 1.77. The summed E-state index contributed by atoms with van der Waals surface area (Å²) in [4.78, 5) is 0. The summed E-state index contributed by atoms with van der Waals surface area (Å²) in [5.41, 5.74) is 5.54. The smallest absolute Gasteiger partial charge is 0.00745 e. The van der Waals surface area contributed by atoms with Crippen LogP contribution in [0.5, 0.6) is 0 Å². The third kappa shape index (κ3) is 0.968. The molecule has 3 aliphatic carbocycles. The van der Waals surface area contributed by atoms with Gasteiger partial charge in [0.2, 0.25) is 0 Å². The third-order valence-electron chi connectivity index (χ3n) is 3.42. The Kier molecular flexibility index (Phi) is 1.69. The monoisotopic (exact) mass is 139 g/mol. The van der Waals surface area contributed by atoms with Gasteiger partial charge in [0.15, 0.2) is 0 Å². The number of nitrogens with two attached hydrogens (primary N) is 1. The maximum Gasteiger partial charge on any atom is -0.00745 e. The second-order valence-electron chi connectivity index (χ2n) is 4.01. The maximum atomic E-state index is 5.54. The molecular formula is C9H17N. The van der Waals surface area contributed by atoms with Gasteiger partial charge in [0, 0.05) is 0 Å². The first kappa shape index (κ1) is 6.66. The van der Waals surface area contributed by atoms with Crippen LogP contribution in [0.1, 0.15) is 32.1 Å². The Hall–Kier alpha value is -0.0400. The largest absolute Gasteiger partial charge is 0.330 e. The molecule has 3 aliphatic rings. The molecule has 0 aliphatic heterocycles. The molecule has 2 bridgehead atoms. The molecule has 10 heavy (non-hydrogen) atoms. The van der Waals surface area contributed by atoms with Gasteiger partial charge >= 0.3 is 0 Å². The lowest BCUT2D eigenvalue weighted by Gasteiger charge is -2.46. The lowest BCUT2D eigenvalue weighted by molar-refractivity contribution is 0.0466. The number of hydrogen-bond acceptors (Lipinski definition) is 1. The molecule has 0 spiro atoms. The van der Waals surface area contributed by atoms with Crippen LogP contribution >= 0.6 is 0 Å². The van der Waals surface area contributed by atoms with E-state index >= 15 is 0 Å². The van der Waals surface area contributed by atoms with Crippen LogP contribution in [0.2, 0.25) is 0 Å². The minimum atomic E-state index is 0.909.